The molecule has 320 valence electrons. The molecule has 0 saturated heterocycles. The molecule has 10 N–H and O–H groups in total. The fourth-order valence-corrected chi connectivity index (χ4v) is 0. The molecule has 40 nitrogen and oxygen atoms in total. The second-order valence-electron chi connectivity index (χ2n) is 4.28. The van der Waals surface area contributed by atoms with Crippen LogP contribution in [0.5, 0.6) is 0 Å². The molecule has 0 bridgehead atoms. The summed E-state index contributed by atoms with van der Waals surface area (Å²) in [6.07, 6.45) is 0. The van der Waals surface area contributed by atoms with Gasteiger partial charge in [0.15, 0.2) is 0 Å². The van der Waals surface area contributed by atoms with Crippen LogP contribution in [0.25, 0.3) is 0 Å². The summed E-state index contributed by atoms with van der Waals surface area (Å²) in [6, 6.07) is 0. The molecule has 0 amide bonds. The monoisotopic (exact) mass is 1660 g/mol. The van der Waals surface area contributed by atoms with Gasteiger partial charge in [-0.2, -0.15) is 42.1 Å². The van der Waals surface area contributed by atoms with Crippen LogP contribution in [0.15, 0.2) is 0 Å². The summed E-state index contributed by atoms with van der Waals surface area (Å²) in [5.74, 6) is 0. The normalized spacial score (nSPS) is 10.5. The van der Waals surface area contributed by atoms with Gasteiger partial charge in [-0.25, -0.2) is 0 Å². The first-order valence-corrected chi connectivity index (χ1v) is 20.5. The molecule has 0 rings (SSSR count). The molecule has 0 atom stereocenters. The van der Waals surface area contributed by atoms with E-state index in [1.807, 2.05) is 0 Å². The van der Waals surface area contributed by atoms with Gasteiger partial charge in [-0.15, -0.1) is 0 Å². The Kier molecular flexibility index (Phi) is 91.8. The Hall–Kier alpha value is 6.56. The maximum absolute atomic E-state index is 8.74. The van der Waals surface area contributed by atoms with E-state index < -0.39 is 104 Å². The van der Waals surface area contributed by atoms with Gasteiger partial charge >= 0.3 is 296 Å². The Bertz CT molecular complexity index is 1390. The van der Waals surface area contributed by atoms with Gasteiger partial charge in [-0.3, -0.25) is 87.6 Å². The SMILES string of the molecule is O=S(=O)(O)O.O=S(=O)(O)O.O=S(=O)(O)O.O=S(=O)(O)O.O=S(=O)(O)O.O=S(=O)([O-])[O-].O=S(=O)([O-])[O-].O=S(=O)([O-])[O-].O=S(=O)([O-])[O-].O=S(=O)([O-])[O-].[Ba+2].[Ba+2].[Ba+2].[Ba+2].[Ba+2]. The van der Waals surface area contributed by atoms with Crippen molar-refractivity contribution in [3.63, 3.8) is 0 Å². The second-order valence-corrected chi connectivity index (χ2v) is 12.8. The van der Waals surface area contributed by atoms with Gasteiger partial charge in [0.2, 0.25) is 0 Å². The van der Waals surface area contributed by atoms with E-state index in [0.717, 1.165) is 0 Å². The van der Waals surface area contributed by atoms with Crippen molar-refractivity contribution in [3.8, 4) is 0 Å². The molecule has 0 spiro atoms. The zero-order valence-electron chi connectivity index (χ0n) is 24.3. The Morgan fingerprint density at radius 1 is 0.182 bits per heavy atom. The number of hydrogen-bond acceptors (Lipinski definition) is 30. The predicted molar refractivity (Wildman–Crippen MR) is 152 cm³/mol. The fraction of sp³-hybridized carbons (Fsp3) is 0. The molecular weight excluding hydrogens is 1650 g/mol. The van der Waals surface area contributed by atoms with Crippen LogP contribution < -0.4 is 0 Å². The molecule has 55 heavy (non-hydrogen) atoms. The van der Waals surface area contributed by atoms with Crippen LogP contribution in [0.2, 0.25) is 0 Å². The number of hydrogen-bond donors (Lipinski definition) is 10. The van der Waals surface area contributed by atoms with Crippen molar-refractivity contribution in [3.05, 3.63) is 0 Å². The molecule has 0 heterocycles. The first-order valence-electron chi connectivity index (χ1n) is 6.83. The van der Waals surface area contributed by atoms with Crippen LogP contribution in [-0.4, -0.2) is 420 Å². The van der Waals surface area contributed by atoms with Crippen LogP contribution in [-0.2, 0) is 104 Å². The van der Waals surface area contributed by atoms with E-state index >= 15 is 0 Å². The Balaban J connectivity index is -0.0000000246. The van der Waals surface area contributed by atoms with Crippen molar-refractivity contribution in [1.82, 2.24) is 0 Å². The summed E-state index contributed by atoms with van der Waals surface area (Å²) in [5, 5.41) is 0. The molecule has 0 aliphatic rings. The second kappa shape index (κ2) is 48.5. The van der Waals surface area contributed by atoms with Crippen LogP contribution >= 0.6 is 0 Å². The summed E-state index contributed by atoms with van der Waals surface area (Å²) in [7, 11) is -49.2. The molecule has 0 aliphatic heterocycles. The van der Waals surface area contributed by atoms with E-state index in [0.29, 0.717) is 0 Å². The maximum Gasteiger partial charge on any atom is 2.00 e. The molecule has 0 radical (unpaired) electrons. The van der Waals surface area contributed by atoms with E-state index in [4.69, 9.17) is 175 Å². The molecule has 0 unspecified atom stereocenters. The van der Waals surface area contributed by atoms with Crippen LogP contribution in [0.4, 0.5) is 0 Å². The van der Waals surface area contributed by atoms with Gasteiger partial charge in [0, 0.05) is 52.0 Å². The summed E-state index contributed by atoms with van der Waals surface area (Å²) in [4.78, 5) is 0. The van der Waals surface area contributed by atoms with E-state index in [2.05, 4.69) is 0 Å². The minimum Gasteiger partial charge on any atom is -0.759 e. The average molecular weight is 1660 g/mol. The minimum atomic E-state index is -5.17. The standard InChI is InChI=1S/5Ba.10H2O4S/c;;;;;10*1-5(2,3)4/h;;;;;10*(H2,1,2,3,4)/q5*+2;;;;;;;;;;/p-10. The van der Waals surface area contributed by atoms with E-state index in [1.54, 1.807) is 0 Å². The van der Waals surface area contributed by atoms with Crippen LogP contribution in [0.1, 0.15) is 0 Å². The number of rotatable bonds is 0. The third kappa shape index (κ3) is 4830. The predicted octanol–water partition coefficient (Wildman–Crippen LogP) is -11.9. The quantitative estimate of drug-likeness (QED) is 0.0612. The van der Waals surface area contributed by atoms with Gasteiger partial charge in [-0.05, 0) is 0 Å². The molecule has 0 aromatic rings. The first-order chi connectivity index (χ1) is 20.0. The van der Waals surface area contributed by atoms with Crippen molar-refractivity contribution in [1.29, 1.82) is 0 Å². The molecule has 0 aromatic carbocycles. The molecule has 0 aromatic heterocycles. The Morgan fingerprint density at radius 2 is 0.182 bits per heavy atom. The van der Waals surface area contributed by atoms with E-state index in [1.165, 1.54) is 0 Å². The van der Waals surface area contributed by atoms with Crippen molar-refractivity contribution in [2.24, 2.45) is 0 Å². The van der Waals surface area contributed by atoms with Crippen LogP contribution in [0, 0.1) is 0 Å². The molecule has 0 fully saturated rings. The minimum absolute atomic E-state index is 0. The molecule has 55 heteroatoms. The fourth-order valence-electron chi connectivity index (χ4n) is 0. The first kappa shape index (κ1) is 104. The van der Waals surface area contributed by atoms with Crippen molar-refractivity contribution < 1.29 is 175 Å². The summed E-state index contributed by atoms with van der Waals surface area (Å²) in [6.45, 7) is 0. The third-order valence-corrected chi connectivity index (χ3v) is 0. The topological polar surface area (TPSA) is 774 Å². The zero-order valence-corrected chi connectivity index (χ0v) is 54.7. The van der Waals surface area contributed by atoms with E-state index in [9.17, 15) is 0 Å². The summed E-state index contributed by atoms with van der Waals surface area (Å²) in [5.41, 5.74) is 0. The zero-order chi connectivity index (χ0) is 45.0. The summed E-state index contributed by atoms with van der Waals surface area (Å²) < 4.78 is 328. The van der Waals surface area contributed by atoms with Crippen molar-refractivity contribution in [2.45, 2.75) is 0 Å². The van der Waals surface area contributed by atoms with E-state index in [-0.39, 0.29) is 244 Å². The average Bonchev–Trinajstić information content (AvgIpc) is 2.34. The maximum atomic E-state index is 8.74. The Labute approximate surface area is 511 Å². The van der Waals surface area contributed by atoms with Crippen molar-refractivity contribution in [2.75, 3.05) is 0 Å². The molecule has 0 saturated carbocycles. The van der Waals surface area contributed by atoms with Gasteiger partial charge in [0.05, 0.1) is 0 Å². The van der Waals surface area contributed by atoms with Crippen LogP contribution in [0.3, 0.4) is 0 Å². The third-order valence-electron chi connectivity index (χ3n) is 0. The van der Waals surface area contributed by atoms with Gasteiger partial charge in [-0.1, -0.05) is 0 Å². The van der Waals surface area contributed by atoms with Crippen molar-refractivity contribution >= 4 is 348 Å². The van der Waals surface area contributed by atoms with Gasteiger partial charge in [0.1, 0.15) is 0 Å². The van der Waals surface area contributed by atoms with Gasteiger partial charge < -0.3 is 45.5 Å². The van der Waals surface area contributed by atoms with Gasteiger partial charge in [0.25, 0.3) is 0 Å². The molecule has 0 aliphatic carbocycles. The Morgan fingerprint density at radius 3 is 0.182 bits per heavy atom. The molecular formula is H10Ba5O40S10. The largest absolute Gasteiger partial charge is 2.00 e. The summed E-state index contributed by atoms with van der Waals surface area (Å²) >= 11 is 0. The smallest absolute Gasteiger partial charge is 0.759 e.